The van der Waals surface area contributed by atoms with Crippen LogP contribution in [-0.2, 0) is 6.18 Å². The van der Waals surface area contributed by atoms with Gasteiger partial charge in [0, 0.05) is 22.2 Å². The molecule has 19 heavy (non-hydrogen) atoms. The fourth-order valence-corrected chi connectivity index (χ4v) is 2.46. The van der Waals surface area contributed by atoms with Gasteiger partial charge >= 0.3 is 6.18 Å². The zero-order chi connectivity index (χ0) is 14.0. The maximum Gasteiger partial charge on any atom is 0.419 e. The highest BCUT2D eigenvalue weighted by Gasteiger charge is 2.35. The van der Waals surface area contributed by atoms with E-state index in [1.54, 1.807) is 18.5 Å². The second-order valence-corrected chi connectivity index (χ2v) is 5.63. The smallest absolute Gasteiger partial charge is 0.361 e. The largest absolute Gasteiger partial charge is 0.419 e. The Kier molecular flexibility index (Phi) is 4.10. The molecule has 8 heteroatoms. The first-order valence-electron chi connectivity index (χ1n) is 5.26. The summed E-state index contributed by atoms with van der Waals surface area (Å²) in [5.74, 6) is -0.196. The number of rotatable bonds is 3. The summed E-state index contributed by atoms with van der Waals surface area (Å²) in [4.78, 5) is 7.85. The molecule has 2 aromatic heterocycles. The Morgan fingerprint density at radius 3 is 2.68 bits per heavy atom. The normalized spacial score (nSPS) is 13.3. The molecule has 0 aliphatic rings. The molecule has 2 rings (SSSR count). The first-order chi connectivity index (χ1) is 8.88. The Hall–Kier alpha value is -1.15. The summed E-state index contributed by atoms with van der Waals surface area (Å²) in [6.45, 7) is 1.74. The summed E-state index contributed by atoms with van der Waals surface area (Å²) >= 11 is 4.37. The quantitative estimate of drug-likeness (QED) is 0.884. The van der Waals surface area contributed by atoms with E-state index in [1.807, 2.05) is 0 Å². The third-order valence-electron chi connectivity index (χ3n) is 2.33. The molecule has 3 nitrogen and oxygen atoms in total. The van der Waals surface area contributed by atoms with Crippen LogP contribution in [0.2, 0.25) is 0 Å². The number of aromatic nitrogens is 2. The number of hydrogen-bond acceptors (Lipinski definition) is 4. The number of thiazole rings is 1. The molecule has 0 spiro atoms. The molecule has 0 radical (unpaired) electrons. The van der Waals surface area contributed by atoms with Gasteiger partial charge in [-0.2, -0.15) is 13.2 Å². The molecule has 1 unspecified atom stereocenters. The second-order valence-electron chi connectivity index (χ2n) is 3.78. The molecular weight excluding hydrogens is 343 g/mol. The highest BCUT2D eigenvalue weighted by atomic mass is 79.9. The predicted molar refractivity (Wildman–Crippen MR) is 71.1 cm³/mol. The van der Waals surface area contributed by atoms with Crippen LogP contribution in [0.3, 0.4) is 0 Å². The van der Waals surface area contributed by atoms with E-state index in [0.29, 0.717) is 5.01 Å². The van der Waals surface area contributed by atoms with Gasteiger partial charge in [-0.15, -0.1) is 11.3 Å². The van der Waals surface area contributed by atoms with Gasteiger partial charge in [-0.3, -0.25) is 0 Å². The van der Waals surface area contributed by atoms with Crippen molar-refractivity contribution in [1.29, 1.82) is 0 Å². The Morgan fingerprint density at radius 2 is 2.11 bits per heavy atom. The maximum absolute atomic E-state index is 12.9. The average molecular weight is 352 g/mol. The van der Waals surface area contributed by atoms with Crippen LogP contribution >= 0.6 is 27.3 Å². The van der Waals surface area contributed by atoms with Crippen LogP contribution in [0.5, 0.6) is 0 Å². The SMILES string of the molecule is CC(Nc1ncc(Br)cc1C(F)(F)F)c1nccs1. The fraction of sp³-hybridized carbons (Fsp3) is 0.273. The number of nitrogens with one attached hydrogen (secondary N) is 1. The molecule has 0 bridgehead atoms. The van der Waals surface area contributed by atoms with Crippen molar-refractivity contribution in [3.8, 4) is 0 Å². The lowest BCUT2D eigenvalue weighted by atomic mass is 10.2. The van der Waals surface area contributed by atoms with Gasteiger partial charge in [0.05, 0.1) is 11.6 Å². The van der Waals surface area contributed by atoms with Gasteiger partial charge in [0.1, 0.15) is 10.8 Å². The van der Waals surface area contributed by atoms with E-state index in [-0.39, 0.29) is 16.3 Å². The summed E-state index contributed by atoms with van der Waals surface area (Å²) in [7, 11) is 0. The summed E-state index contributed by atoms with van der Waals surface area (Å²) in [6, 6.07) is 0.666. The topological polar surface area (TPSA) is 37.8 Å². The minimum absolute atomic E-state index is 0.196. The van der Waals surface area contributed by atoms with Crippen molar-refractivity contribution in [2.24, 2.45) is 0 Å². The number of alkyl halides is 3. The molecule has 0 saturated carbocycles. The van der Waals surface area contributed by atoms with E-state index in [9.17, 15) is 13.2 Å². The van der Waals surface area contributed by atoms with Gasteiger partial charge in [0.15, 0.2) is 0 Å². The number of hydrogen-bond donors (Lipinski definition) is 1. The van der Waals surface area contributed by atoms with Crippen molar-refractivity contribution in [1.82, 2.24) is 9.97 Å². The Morgan fingerprint density at radius 1 is 1.37 bits per heavy atom. The zero-order valence-electron chi connectivity index (χ0n) is 9.70. The van der Waals surface area contributed by atoms with Gasteiger partial charge in [-0.05, 0) is 28.9 Å². The van der Waals surface area contributed by atoms with Gasteiger partial charge in [0.25, 0.3) is 0 Å². The first kappa shape index (κ1) is 14.3. The number of halogens is 4. The van der Waals surface area contributed by atoms with Crippen molar-refractivity contribution in [3.05, 3.63) is 38.9 Å². The van der Waals surface area contributed by atoms with Gasteiger partial charge in [-0.1, -0.05) is 0 Å². The summed E-state index contributed by atoms with van der Waals surface area (Å²) < 4.78 is 39.0. The van der Waals surface area contributed by atoms with Crippen molar-refractivity contribution in [2.45, 2.75) is 19.1 Å². The van der Waals surface area contributed by atoms with Crippen LogP contribution in [0.4, 0.5) is 19.0 Å². The molecular formula is C11H9BrF3N3S. The molecule has 102 valence electrons. The van der Waals surface area contributed by atoms with Crippen LogP contribution in [0, 0.1) is 0 Å². The minimum Gasteiger partial charge on any atom is -0.361 e. The highest BCUT2D eigenvalue weighted by Crippen LogP contribution is 2.36. The standard InChI is InChI=1S/C11H9BrF3N3S/c1-6(10-16-2-3-19-10)18-9-8(11(13,14)15)4-7(12)5-17-9/h2-6H,1H3,(H,17,18). The predicted octanol–water partition coefficient (Wildman–Crippen LogP) is 4.49. The van der Waals surface area contributed by atoms with Gasteiger partial charge in [-0.25, -0.2) is 9.97 Å². The monoisotopic (exact) mass is 351 g/mol. The molecule has 2 heterocycles. The second kappa shape index (κ2) is 5.46. The Labute approximate surface area is 120 Å². The van der Waals surface area contributed by atoms with E-state index in [0.717, 1.165) is 6.07 Å². The van der Waals surface area contributed by atoms with Crippen LogP contribution in [0.1, 0.15) is 23.5 Å². The summed E-state index contributed by atoms with van der Waals surface area (Å²) in [5, 5.41) is 5.22. The molecule has 0 fully saturated rings. The van der Waals surface area contributed by atoms with E-state index in [2.05, 4.69) is 31.2 Å². The maximum atomic E-state index is 12.9. The van der Waals surface area contributed by atoms with Crippen LogP contribution in [0.15, 0.2) is 28.3 Å². The number of pyridine rings is 1. The van der Waals surface area contributed by atoms with E-state index in [4.69, 9.17) is 0 Å². The Balaban J connectivity index is 2.30. The van der Waals surface area contributed by atoms with Crippen molar-refractivity contribution in [3.63, 3.8) is 0 Å². The third-order valence-corrected chi connectivity index (χ3v) is 3.73. The van der Waals surface area contributed by atoms with E-state index in [1.165, 1.54) is 17.5 Å². The first-order valence-corrected chi connectivity index (χ1v) is 6.94. The molecule has 0 aliphatic carbocycles. The lowest BCUT2D eigenvalue weighted by molar-refractivity contribution is -0.137. The molecule has 1 atom stereocenters. The Bertz CT molecular complexity index is 557. The number of anilines is 1. The van der Waals surface area contributed by atoms with Gasteiger partial charge in [0.2, 0.25) is 0 Å². The van der Waals surface area contributed by atoms with Crippen molar-refractivity contribution >= 4 is 33.1 Å². The van der Waals surface area contributed by atoms with Crippen LogP contribution in [0.25, 0.3) is 0 Å². The lowest BCUT2D eigenvalue weighted by Gasteiger charge is -2.17. The van der Waals surface area contributed by atoms with E-state index >= 15 is 0 Å². The molecule has 1 N–H and O–H groups in total. The number of nitrogens with zero attached hydrogens (tertiary/aromatic N) is 2. The zero-order valence-corrected chi connectivity index (χ0v) is 12.1. The lowest BCUT2D eigenvalue weighted by Crippen LogP contribution is -2.15. The van der Waals surface area contributed by atoms with E-state index < -0.39 is 11.7 Å². The third kappa shape index (κ3) is 3.44. The van der Waals surface area contributed by atoms with Crippen molar-refractivity contribution < 1.29 is 13.2 Å². The molecule has 0 aromatic carbocycles. The fourth-order valence-electron chi connectivity index (χ4n) is 1.49. The molecule has 0 amide bonds. The van der Waals surface area contributed by atoms with Crippen LogP contribution in [-0.4, -0.2) is 9.97 Å². The minimum atomic E-state index is -4.46. The summed E-state index contributed by atoms with van der Waals surface area (Å²) in [5.41, 5.74) is -0.801. The molecule has 0 saturated heterocycles. The molecule has 2 aromatic rings. The van der Waals surface area contributed by atoms with Crippen molar-refractivity contribution in [2.75, 3.05) is 5.32 Å². The average Bonchev–Trinajstić information content (AvgIpc) is 2.83. The van der Waals surface area contributed by atoms with Crippen LogP contribution < -0.4 is 5.32 Å². The summed E-state index contributed by atoms with van der Waals surface area (Å²) in [6.07, 6.45) is -1.52. The van der Waals surface area contributed by atoms with Gasteiger partial charge < -0.3 is 5.32 Å². The highest BCUT2D eigenvalue weighted by molar-refractivity contribution is 9.10. The molecule has 0 aliphatic heterocycles.